The summed E-state index contributed by atoms with van der Waals surface area (Å²) in [6.45, 7) is 4.32. The minimum Gasteiger partial charge on any atom is -0.349 e. The maximum Gasteiger partial charge on any atom is 0.237 e. The van der Waals surface area contributed by atoms with E-state index in [1.165, 1.54) is 0 Å². The van der Waals surface area contributed by atoms with E-state index in [0.717, 1.165) is 5.69 Å². The average molecular weight is 210 g/mol. The third kappa shape index (κ3) is 3.06. The summed E-state index contributed by atoms with van der Waals surface area (Å²) in [5.41, 5.74) is 6.66. The van der Waals surface area contributed by atoms with Gasteiger partial charge in [0, 0.05) is 13.2 Å². The summed E-state index contributed by atoms with van der Waals surface area (Å²) in [5.74, 6) is 0.0303. The summed E-state index contributed by atoms with van der Waals surface area (Å²) in [6.07, 6.45) is 1.70. The topological polar surface area (TPSA) is 72.9 Å². The SMILES string of the molecule is CC(C)[C@@H](N)C(=O)NCc1ccnn1C. The highest BCUT2D eigenvalue weighted by Gasteiger charge is 2.16. The molecule has 5 nitrogen and oxygen atoms in total. The second kappa shape index (κ2) is 4.93. The fourth-order valence-electron chi connectivity index (χ4n) is 1.17. The minimum absolute atomic E-state index is 0.119. The number of nitrogens with one attached hydrogen (secondary N) is 1. The first-order chi connectivity index (χ1) is 7.02. The molecular weight excluding hydrogens is 192 g/mol. The van der Waals surface area contributed by atoms with Gasteiger partial charge in [0.2, 0.25) is 5.91 Å². The van der Waals surface area contributed by atoms with Gasteiger partial charge in [-0.25, -0.2) is 0 Å². The lowest BCUT2D eigenvalue weighted by atomic mass is 10.1. The predicted octanol–water partition coefficient (Wildman–Crippen LogP) is 0.0196. The Hall–Kier alpha value is -1.36. The van der Waals surface area contributed by atoms with Crippen molar-refractivity contribution < 1.29 is 4.79 Å². The van der Waals surface area contributed by atoms with Gasteiger partial charge in [-0.2, -0.15) is 5.10 Å². The van der Waals surface area contributed by atoms with Crippen molar-refractivity contribution in [3.63, 3.8) is 0 Å². The van der Waals surface area contributed by atoms with Crippen LogP contribution in [0.5, 0.6) is 0 Å². The van der Waals surface area contributed by atoms with Crippen LogP contribution in [-0.2, 0) is 18.4 Å². The lowest BCUT2D eigenvalue weighted by Crippen LogP contribution is -2.43. The Morgan fingerprint density at radius 2 is 2.33 bits per heavy atom. The number of nitrogens with two attached hydrogens (primary N) is 1. The lowest BCUT2D eigenvalue weighted by molar-refractivity contribution is -0.123. The van der Waals surface area contributed by atoms with Gasteiger partial charge in [-0.3, -0.25) is 9.48 Å². The molecule has 0 aromatic carbocycles. The summed E-state index contributed by atoms with van der Waals surface area (Å²) >= 11 is 0. The highest BCUT2D eigenvalue weighted by atomic mass is 16.2. The number of carbonyl (C=O) groups is 1. The van der Waals surface area contributed by atoms with Crippen molar-refractivity contribution in [2.45, 2.75) is 26.4 Å². The lowest BCUT2D eigenvalue weighted by Gasteiger charge is -2.15. The van der Waals surface area contributed by atoms with E-state index in [4.69, 9.17) is 5.73 Å². The minimum atomic E-state index is -0.446. The molecule has 1 aromatic heterocycles. The number of aryl methyl sites for hydroxylation is 1. The zero-order valence-corrected chi connectivity index (χ0v) is 9.40. The van der Waals surface area contributed by atoms with Crippen LogP contribution in [0.15, 0.2) is 12.3 Å². The average Bonchev–Trinajstić information content (AvgIpc) is 2.59. The van der Waals surface area contributed by atoms with Crippen molar-refractivity contribution in [3.05, 3.63) is 18.0 Å². The summed E-state index contributed by atoms with van der Waals surface area (Å²) < 4.78 is 1.72. The molecule has 1 rings (SSSR count). The number of amides is 1. The molecule has 3 N–H and O–H groups in total. The largest absolute Gasteiger partial charge is 0.349 e. The first-order valence-corrected chi connectivity index (χ1v) is 5.02. The maximum atomic E-state index is 11.5. The molecule has 1 aromatic rings. The summed E-state index contributed by atoms with van der Waals surface area (Å²) in [6, 6.07) is 1.42. The van der Waals surface area contributed by atoms with E-state index >= 15 is 0 Å². The molecule has 1 amide bonds. The first-order valence-electron chi connectivity index (χ1n) is 5.02. The molecule has 0 spiro atoms. The molecule has 0 radical (unpaired) electrons. The van der Waals surface area contributed by atoms with E-state index in [2.05, 4.69) is 10.4 Å². The van der Waals surface area contributed by atoms with Crippen LogP contribution < -0.4 is 11.1 Å². The zero-order chi connectivity index (χ0) is 11.4. The molecule has 15 heavy (non-hydrogen) atoms. The maximum absolute atomic E-state index is 11.5. The number of carbonyl (C=O) groups excluding carboxylic acids is 1. The van der Waals surface area contributed by atoms with Gasteiger partial charge < -0.3 is 11.1 Å². The molecular formula is C10H18N4O. The number of aromatic nitrogens is 2. The zero-order valence-electron chi connectivity index (χ0n) is 9.40. The summed E-state index contributed by atoms with van der Waals surface area (Å²) in [4.78, 5) is 11.5. The first kappa shape index (κ1) is 11.7. The van der Waals surface area contributed by atoms with Gasteiger partial charge in [0.1, 0.15) is 0 Å². The number of hydrogen-bond acceptors (Lipinski definition) is 3. The number of nitrogens with zero attached hydrogens (tertiary/aromatic N) is 2. The van der Waals surface area contributed by atoms with Crippen LogP contribution in [0.1, 0.15) is 19.5 Å². The Kier molecular flexibility index (Phi) is 3.85. The van der Waals surface area contributed by atoms with Gasteiger partial charge in [0.15, 0.2) is 0 Å². The van der Waals surface area contributed by atoms with Crippen molar-refractivity contribution in [2.24, 2.45) is 18.7 Å². The quantitative estimate of drug-likeness (QED) is 0.735. The molecule has 0 fully saturated rings. The van der Waals surface area contributed by atoms with Gasteiger partial charge in [0.25, 0.3) is 0 Å². The van der Waals surface area contributed by atoms with Crippen molar-refractivity contribution in [1.29, 1.82) is 0 Å². The van der Waals surface area contributed by atoms with Gasteiger partial charge in [-0.05, 0) is 12.0 Å². The molecule has 0 bridgehead atoms. The molecule has 84 valence electrons. The van der Waals surface area contributed by atoms with E-state index in [-0.39, 0.29) is 11.8 Å². The standard InChI is InChI=1S/C10H18N4O/c1-7(2)9(11)10(15)12-6-8-4-5-13-14(8)3/h4-5,7,9H,6,11H2,1-3H3,(H,12,15)/t9-/m1/s1. The smallest absolute Gasteiger partial charge is 0.237 e. The van der Waals surface area contributed by atoms with E-state index < -0.39 is 6.04 Å². The summed E-state index contributed by atoms with van der Waals surface area (Å²) in [7, 11) is 1.84. The van der Waals surface area contributed by atoms with Crippen LogP contribution in [-0.4, -0.2) is 21.7 Å². The second-order valence-corrected chi connectivity index (χ2v) is 3.93. The predicted molar refractivity (Wildman–Crippen MR) is 57.9 cm³/mol. The monoisotopic (exact) mass is 210 g/mol. The molecule has 1 atom stereocenters. The van der Waals surface area contributed by atoms with Crippen molar-refractivity contribution in [1.82, 2.24) is 15.1 Å². The number of rotatable bonds is 4. The molecule has 0 unspecified atom stereocenters. The normalized spacial score (nSPS) is 12.9. The Labute approximate surface area is 89.6 Å². The Morgan fingerprint density at radius 3 is 2.80 bits per heavy atom. The van der Waals surface area contributed by atoms with Crippen LogP contribution in [0.25, 0.3) is 0 Å². The fourth-order valence-corrected chi connectivity index (χ4v) is 1.17. The van der Waals surface area contributed by atoms with Gasteiger partial charge in [0.05, 0.1) is 18.3 Å². The highest BCUT2D eigenvalue weighted by molar-refractivity contribution is 5.81. The Morgan fingerprint density at radius 1 is 1.67 bits per heavy atom. The highest BCUT2D eigenvalue weighted by Crippen LogP contribution is 1.99. The van der Waals surface area contributed by atoms with Crippen LogP contribution in [0.3, 0.4) is 0 Å². The van der Waals surface area contributed by atoms with E-state index in [0.29, 0.717) is 6.54 Å². The van der Waals surface area contributed by atoms with Crippen LogP contribution >= 0.6 is 0 Å². The number of hydrogen-bond donors (Lipinski definition) is 2. The van der Waals surface area contributed by atoms with Gasteiger partial charge >= 0.3 is 0 Å². The Bertz CT molecular complexity index is 332. The third-order valence-electron chi connectivity index (χ3n) is 2.39. The third-order valence-corrected chi connectivity index (χ3v) is 2.39. The van der Waals surface area contributed by atoms with Crippen molar-refractivity contribution in [3.8, 4) is 0 Å². The van der Waals surface area contributed by atoms with Gasteiger partial charge in [-0.15, -0.1) is 0 Å². The van der Waals surface area contributed by atoms with E-state index in [1.807, 2.05) is 27.0 Å². The van der Waals surface area contributed by atoms with E-state index in [9.17, 15) is 4.79 Å². The van der Waals surface area contributed by atoms with E-state index in [1.54, 1.807) is 10.9 Å². The summed E-state index contributed by atoms with van der Waals surface area (Å²) in [5, 5.41) is 6.79. The molecule has 0 saturated heterocycles. The molecule has 0 aliphatic heterocycles. The Balaban J connectivity index is 2.44. The second-order valence-electron chi connectivity index (χ2n) is 3.93. The van der Waals surface area contributed by atoms with Crippen LogP contribution in [0, 0.1) is 5.92 Å². The van der Waals surface area contributed by atoms with Crippen molar-refractivity contribution >= 4 is 5.91 Å². The molecule has 0 aliphatic rings. The van der Waals surface area contributed by atoms with Crippen molar-refractivity contribution in [2.75, 3.05) is 0 Å². The van der Waals surface area contributed by atoms with Gasteiger partial charge in [-0.1, -0.05) is 13.8 Å². The molecule has 0 aliphatic carbocycles. The molecule has 1 heterocycles. The molecule has 5 heteroatoms. The van der Waals surface area contributed by atoms with Crippen LogP contribution in [0.2, 0.25) is 0 Å². The van der Waals surface area contributed by atoms with Crippen LogP contribution in [0.4, 0.5) is 0 Å². The molecule has 0 saturated carbocycles. The fraction of sp³-hybridized carbons (Fsp3) is 0.600.